The van der Waals surface area contributed by atoms with Gasteiger partial charge in [-0.1, -0.05) is 18.2 Å². The lowest BCUT2D eigenvalue weighted by atomic mass is 9.97. The third kappa shape index (κ3) is 1.52. The highest BCUT2D eigenvalue weighted by Gasteiger charge is 2.51. The second-order valence-corrected chi connectivity index (χ2v) is 5.33. The van der Waals surface area contributed by atoms with Gasteiger partial charge in [-0.25, -0.2) is 9.48 Å². The van der Waals surface area contributed by atoms with Gasteiger partial charge in [0.2, 0.25) is 5.91 Å². The Bertz CT molecular complexity index is 772. The SMILES string of the molecule is NC(=O)[C@@H]1c2c(cnn2-c2ccccc2)[C@H]2CN1C(=O)N2O. The molecule has 4 rings (SSSR count). The fraction of sp³-hybridized carbons (Fsp3) is 0.214. The van der Waals surface area contributed by atoms with Gasteiger partial charge in [0.25, 0.3) is 0 Å². The minimum Gasteiger partial charge on any atom is -0.368 e. The van der Waals surface area contributed by atoms with Crippen LogP contribution in [0, 0.1) is 0 Å². The minimum atomic E-state index is -0.946. The summed E-state index contributed by atoms with van der Waals surface area (Å²) in [7, 11) is 0. The zero-order valence-corrected chi connectivity index (χ0v) is 11.5. The molecule has 1 fully saturated rings. The Morgan fingerprint density at radius 2 is 2.05 bits per heavy atom. The van der Waals surface area contributed by atoms with Crippen molar-refractivity contribution in [3.8, 4) is 5.69 Å². The van der Waals surface area contributed by atoms with Crippen LogP contribution in [0.15, 0.2) is 36.5 Å². The van der Waals surface area contributed by atoms with Crippen LogP contribution in [-0.4, -0.2) is 43.4 Å². The number of para-hydroxylation sites is 1. The number of aromatic nitrogens is 2. The Morgan fingerprint density at radius 3 is 2.73 bits per heavy atom. The number of primary amides is 1. The van der Waals surface area contributed by atoms with Crippen LogP contribution in [0.5, 0.6) is 0 Å². The Kier molecular flexibility index (Phi) is 2.52. The van der Waals surface area contributed by atoms with Gasteiger partial charge in [0.15, 0.2) is 6.04 Å². The number of fused-ring (bicyclic) bond motifs is 4. The standard InChI is InChI=1S/C14H13N5O3/c15-13(20)12-11-9(10-7-17(12)14(21)19(10)22)6-16-18(11)8-4-2-1-3-5-8/h1-6,10,12,22H,7H2,(H2,15,20)/t10-,12+/m1/s1. The molecule has 112 valence electrons. The summed E-state index contributed by atoms with van der Waals surface area (Å²) in [4.78, 5) is 25.3. The van der Waals surface area contributed by atoms with E-state index in [0.717, 1.165) is 5.69 Å². The molecule has 1 saturated heterocycles. The molecule has 1 aromatic heterocycles. The molecule has 22 heavy (non-hydrogen) atoms. The van der Waals surface area contributed by atoms with Crippen molar-refractivity contribution in [2.24, 2.45) is 5.73 Å². The molecule has 0 spiro atoms. The molecule has 0 aliphatic carbocycles. The third-order valence-electron chi connectivity index (χ3n) is 4.14. The summed E-state index contributed by atoms with van der Waals surface area (Å²) in [6.07, 6.45) is 1.57. The number of hydrogen-bond acceptors (Lipinski definition) is 4. The maximum atomic E-state index is 12.1. The van der Waals surface area contributed by atoms with Crippen LogP contribution in [0.25, 0.3) is 5.69 Å². The van der Waals surface area contributed by atoms with Crippen molar-refractivity contribution in [3.63, 3.8) is 0 Å². The summed E-state index contributed by atoms with van der Waals surface area (Å²) < 4.78 is 1.59. The molecule has 3 N–H and O–H groups in total. The fourth-order valence-electron chi connectivity index (χ4n) is 3.16. The van der Waals surface area contributed by atoms with Crippen molar-refractivity contribution >= 4 is 11.9 Å². The van der Waals surface area contributed by atoms with E-state index in [2.05, 4.69) is 5.10 Å². The number of hydrogen-bond donors (Lipinski definition) is 2. The number of amides is 3. The van der Waals surface area contributed by atoms with Crippen LogP contribution >= 0.6 is 0 Å². The van der Waals surface area contributed by atoms with Crippen molar-refractivity contribution in [1.82, 2.24) is 19.7 Å². The smallest absolute Gasteiger partial charge is 0.345 e. The Hall–Kier alpha value is -2.87. The lowest BCUT2D eigenvalue weighted by Gasteiger charge is -2.29. The molecule has 3 heterocycles. The second kappa shape index (κ2) is 4.31. The van der Waals surface area contributed by atoms with Crippen molar-refractivity contribution in [2.45, 2.75) is 12.1 Å². The summed E-state index contributed by atoms with van der Waals surface area (Å²) in [5.41, 5.74) is 7.43. The Balaban J connectivity index is 1.94. The number of carbonyl (C=O) groups is 2. The van der Waals surface area contributed by atoms with E-state index in [1.807, 2.05) is 30.3 Å². The summed E-state index contributed by atoms with van der Waals surface area (Å²) in [6, 6.07) is 7.16. The average Bonchev–Trinajstić information content (AvgIpc) is 3.05. The van der Waals surface area contributed by atoms with E-state index in [4.69, 9.17) is 5.73 Å². The number of carbonyl (C=O) groups excluding carboxylic acids is 2. The maximum absolute atomic E-state index is 12.1. The molecule has 1 aromatic carbocycles. The number of nitrogens with two attached hydrogens (primary N) is 1. The molecule has 2 aromatic rings. The van der Waals surface area contributed by atoms with Gasteiger partial charge in [-0.15, -0.1) is 0 Å². The van der Waals surface area contributed by atoms with E-state index < -0.39 is 24.0 Å². The lowest BCUT2D eigenvalue weighted by Crippen LogP contribution is -2.42. The van der Waals surface area contributed by atoms with E-state index in [1.165, 1.54) is 4.90 Å². The zero-order valence-electron chi connectivity index (χ0n) is 11.5. The molecule has 0 radical (unpaired) electrons. The summed E-state index contributed by atoms with van der Waals surface area (Å²) in [5, 5.41) is 14.9. The first kappa shape index (κ1) is 12.8. The normalized spacial score (nSPS) is 22.9. The van der Waals surface area contributed by atoms with Crippen LogP contribution in [0.4, 0.5) is 4.79 Å². The number of urea groups is 1. The van der Waals surface area contributed by atoms with Gasteiger partial charge < -0.3 is 10.6 Å². The van der Waals surface area contributed by atoms with E-state index >= 15 is 0 Å². The molecule has 2 bridgehead atoms. The van der Waals surface area contributed by atoms with Gasteiger partial charge in [0.1, 0.15) is 6.04 Å². The molecular formula is C14H13N5O3. The fourth-order valence-corrected chi connectivity index (χ4v) is 3.16. The van der Waals surface area contributed by atoms with Gasteiger partial charge >= 0.3 is 6.03 Å². The van der Waals surface area contributed by atoms with Gasteiger partial charge in [-0.3, -0.25) is 10.0 Å². The number of nitrogens with zero attached hydrogens (tertiary/aromatic N) is 4. The molecule has 8 nitrogen and oxygen atoms in total. The van der Waals surface area contributed by atoms with E-state index in [-0.39, 0.29) is 6.54 Å². The van der Waals surface area contributed by atoms with Crippen LogP contribution in [0.3, 0.4) is 0 Å². The van der Waals surface area contributed by atoms with E-state index in [1.54, 1.807) is 10.9 Å². The molecule has 0 saturated carbocycles. The molecule has 3 amide bonds. The second-order valence-electron chi connectivity index (χ2n) is 5.33. The first-order valence-corrected chi connectivity index (χ1v) is 6.81. The topological polar surface area (TPSA) is 105 Å². The minimum absolute atomic E-state index is 0.219. The quantitative estimate of drug-likeness (QED) is 0.791. The predicted molar refractivity (Wildman–Crippen MR) is 74.0 cm³/mol. The van der Waals surface area contributed by atoms with Crippen molar-refractivity contribution < 1.29 is 14.8 Å². The molecule has 2 atom stereocenters. The van der Waals surface area contributed by atoms with Crippen molar-refractivity contribution in [1.29, 1.82) is 0 Å². The summed E-state index contributed by atoms with van der Waals surface area (Å²) in [6.45, 7) is 0.219. The molecule has 8 heteroatoms. The van der Waals surface area contributed by atoms with Gasteiger partial charge in [-0.2, -0.15) is 10.2 Å². The van der Waals surface area contributed by atoms with Gasteiger partial charge in [0.05, 0.1) is 24.1 Å². The average molecular weight is 299 g/mol. The largest absolute Gasteiger partial charge is 0.368 e. The molecule has 0 unspecified atom stereocenters. The zero-order chi connectivity index (χ0) is 15.4. The van der Waals surface area contributed by atoms with E-state index in [9.17, 15) is 14.8 Å². The lowest BCUT2D eigenvalue weighted by molar-refractivity contribution is -0.122. The predicted octanol–water partition coefficient (Wildman–Crippen LogP) is 0.580. The van der Waals surface area contributed by atoms with Crippen LogP contribution in [-0.2, 0) is 4.79 Å². The van der Waals surface area contributed by atoms with Gasteiger partial charge in [0, 0.05) is 5.56 Å². The monoisotopic (exact) mass is 299 g/mol. The molecular weight excluding hydrogens is 286 g/mol. The highest BCUT2D eigenvalue weighted by atomic mass is 16.5. The first-order chi connectivity index (χ1) is 10.6. The van der Waals surface area contributed by atoms with Crippen molar-refractivity contribution in [3.05, 3.63) is 47.8 Å². The van der Waals surface area contributed by atoms with Crippen LogP contribution in [0.2, 0.25) is 0 Å². The maximum Gasteiger partial charge on any atom is 0.345 e. The Morgan fingerprint density at radius 1 is 1.32 bits per heavy atom. The van der Waals surface area contributed by atoms with Gasteiger partial charge in [-0.05, 0) is 12.1 Å². The molecule has 2 aliphatic heterocycles. The number of hydroxylamine groups is 2. The third-order valence-corrected chi connectivity index (χ3v) is 4.14. The van der Waals surface area contributed by atoms with E-state index in [0.29, 0.717) is 16.3 Å². The highest BCUT2D eigenvalue weighted by Crippen LogP contribution is 2.43. The summed E-state index contributed by atoms with van der Waals surface area (Å²) >= 11 is 0. The Labute approximate surface area is 125 Å². The van der Waals surface area contributed by atoms with Crippen molar-refractivity contribution in [2.75, 3.05) is 6.54 Å². The highest BCUT2D eigenvalue weighted by molar-refractivity contribution is 5.89. The number of rotatable bonds is 2. The van der Waals surface area contributed by atoms with Crippen LogP contribution < -0.4 is 5.73 Å². The first-order valence-electron chi connectivity index (χ1n) is 6.81. The van der Waals surface area contributed by atoms with Crippen LogP contribution in [0.1, 0.15) is 23.3 Å². The summed E-state index contributed by atoms with van der Waals surface area (Å²) in [5.74, 6) is -0.652. The number of benzene rings is 1. The molecule has 2 aliphatic rings.